The SMILES string of the molecule is Cc1[nH]ncc1-c1cc2c3c([nH]c(=O)c2s1)[C@@](O)(C(C)(C)C)COC3. The zero-order valence-electron chi connectivity index (χ0n) is 14.7. The smallest absolute Gasteiger partial charge is 0.266 e. The van der Waals surface area contributed by atoms with E-state index in [1.54, 1.807) is 6.20 Å². The van der Waals surface area contributed by atoms with E-state index in [0.29, 0.717) is 17.0 Å². The summed E-state index contributed by atoms with van der Waals surface area (Å²) in [6.45, 7) is 8.34. The lowest BCUT2D eigenvalue weighted by Gasteiger charge is -2.43. The average Bonchev–Trinajstić information content (AvgIpc) is 3.14. The van der Waals surface area contributed by atoms with Crippen molar-refractivity contribution in [2.24, 2.45) is 5.41 Å². The van der Waals surface area contributed by atoms with Crippen molar-refractivity contribution >= 4 is 21.4 Å². The van der Waals surface area contributed by atoms with Crippen molar-refractivity contribution in [1.29, 1.82) is 0 Å². The molecule has 0 radical (unpaired) electrons. The molecule has 4 rings (SSSR count). The molecular formula is C18H21N3O3S. The molecule has 0 aliphatic carbocycles. The minimum atomic E-state index is -1.23. The Morgan fingerprint density at radius 1 is 1.40 bits per heavy atom. The lowest BCUT2D eigenvalue weighted by Crippen LogP contribution is -2.48. The van der Waals surface area contributed by atoms with Gasteiger partial charge >= 0.3 is 0 Å². The van der Waals surface area contributed by atoms with Gasteiger partial charge in [0.2, 0.25) is 0 Å². The van der Waals surface area contributed by atoms with Gasteiger partial charge in [-0.1, -0.05) is 20.8 Å². The standard InChI is InChI=1S/C18H21N3O3S/c1-9-11(6-19-21-9)13-5-10-12-7-24-8-18(23,17(2,3)4)15(12)20-16(22)14(10)25-13/h5-6,23H,7-8H2,1-4H3,(H,19,21)(H,20,22)/t18-/m1/s1. The van der Waals surface area contributed by atoms with Crippen LogP contribution in [0.1, 0.15) is 37.7 Å². The molecule has 0 fully saturated rings. The number of aromatic amines is 2. The van der Waals surface area contributed by atoms with E-state index in [-0.39, 0.29) is 12.2 Å². The molecular weight excluding hydrogens is 338 g/mol. The van der Waals surface area contributed by atoms with E-state index in [1.807, 2.05) is 33.8 Å². The third-order valence-electron chi connectivity index (χ3n) is 5.11. The molecule has 1 aliphatic heterocycles. The van der Waals surface area contributed by atoms with Crippen LogP contribution >= 0.6 is 11.3 Å². The van der Waals surface area contributed by atoms with Gasteiger partial charge in [0.25, 0.3) is 5.56 Å². The molecule has 0 amide bonds. The van der Waals surface area contributed by atoms with E-state index < -0.39 is 11.0 Å². The number of ether oxygens (including phenoxy) is 1. The fraction of sp³-hybridized carbons (Fsp3) is 0.444. The van der Waals surface area contributed by atoms with Gasteiger partial charge in [0.05, 0.1) is 25.1 Å². The second kappa shape index (κ2) is 5.27. The first-order valence-electron chi connectivity index (χ1n) is 8.22. The zero-order chi connectivity index (χ0) is 18.0. The first kappa shape index (κ1) is 16.5. The van der Waals surface area contributed by atoms with Crippen molar-refractivity contribution in [3.63, 3.8) is 0 Å². The molecule has 0 spiro atoms. The summed E-state index contributed by atoms with van der Waals surface area (Å²) in [5, 5.41) is 19.1. The number of aryl methyl sites for hydroxylation is 1. The zero-order valence-corrected chi connectivity index (χ0v) is 15.5. The summed E-state index contributed by atoms with van der Waals surface area (Å²) < 4.78 is 6.37. The Labute approximate surface area is 148 Å². The maximum Gasteiger partial charge on any atom is 0.266 e. The van der Waals surface area contributed by atoms with Gasteiger partial charge in [0.1, 0.15) is 10.3 Å². The van der Waals surface area contributed by atoms with E-state index in [4.69, 9.17) is 4.74 Å². The third kappa shape index (κ3) is 2.30. The summed E-state index contributed by atoms with van der Waals surface area (Å²) in [4.78, 5) is 16.6. The van der Waals surface area contributed by atoms with E-state index in [0.717, 1.165) is 27.1 Å². The number of fused-ring (bicyclic) bond motifs is 3. The minimum Gasteiger partial charge on any atom is -0.381 e. The van der Waals surface area contributed by atoms with Crippen molar-refractivity contribution in [2.75, 3.05) is 6.61 Å². The van der Waals surface area contributed by atoms with Crippen LogP contribution in [-0.4, -0.2) is 26.9 Å². The molecule has 6 nitrogen and oxygen atoms in total. The van der Waals surface area contributed by atoms with Gasteiger partial charge in [-0.25, -0.2) is 0 Å². The number of H-pyrrole nitrogens is 2. The molecule has 0 aromatic carbocycles. The van der Waals surface area contributed by atoms with Crippen LogP contribution in [-0.2, 0) is 16.9 Å². The third-order valence-corrected chi connectivity index (χ3v) is 6.28. The van der Waals surface area contributed by atoms with Crippen LogP contribution in [0.25, 0.3) is 20.5 Å². The van der Waals surface area contributed by atoms with Crippen molar-refractivity contribution < 1.29 is 9.84 Å². The molecule has 25 heavy (non-hydrogen) atoms. The minimum absolute atomic E-state index is 0.169. The number of nitrogens with zero attached hydrogens (tertiary/aromatic N) is 1. The number of pyridine rings is 1. The number of rotatable bonds is 1. The van der Waals surface area contributed by atoms with Crippen molar-refractivity contribution in [3.05, 3.63) is 39.6 Å². The van der Waals surface area contributed by atoms with Crippen molar-refractivity contribution in [3.8, 4) is 10.4 Å². The maximum absolute atomic E-state index is 12.7. The Morgan fingerprint density at radius 2 is 2.16 bits per heavy atom. The first-order valence-corrected chi connectivity index (χ1v) is 9.03. The average molecular weight is 359 g/mol. The van der Waals surface area contributed by atoms with Crippen LogP contribution in [0.2, 0.25) is 0 Å². The maximum atomic E-state index is 12.7. The highest BCUT2D eigenvalue weighted by Crippen LogP contribution is 2.45. The Balaban J connectivity index is 2.01. The van der Waals surface area contributed by atoms with E-state index in [9.17, 15) is 9.90 Å². The second-order valence-electron chi connectivity index (χ2n) is 7.67. The van der Waals surface area contributed by atoms with Crippen LogP contribution in [0, 0.1) is 12.3 Å². The molecule has 0 saturated heterocycles. The lowest BCUT2D eigenvalue weighted by molar-refractivity contribution is -0.139. The van der Waals surface area contributed by atoms with Gasteiger partial charge in [0, 0.05) is 27.1 Å². The second-order valence-corrected chi connectivity index (χ2v) is 8.73. The van der Waals surface area contributed by atoms with E-state index >= 15 is 0 Å². The molecule has 1 aliphatic rings. The van der Waals surface area contributed by atoms with Crippen molar-refractivity contribution in [1.82, 2.24) is 15.2 Å². The molecule has 1 atom stereocenters. The highest BCUT2D eigenvalue weighted by Gasteiger charge is 2.47. The number of aromatic nitrogens is 3. The van der Waals surface area contributed by atoms with E-state index in [1.165, 1.54) is 11.3 Å². The number of hydrogen-bond acceptors (Lipinski definition) is 5. The molecule has 3 N–H and O–H groups in total. The van der Waals surface area contributed by atoms with Crippen LogP contribution in [0.3, 0.4) is 0 Å². The van der Waals surface area contributed by atoms with Crippen LogP contribution in [0.15, 0.2) is 17.1 Å². The molecule has 3 aromatic rings. The quantitative estimate of drug-likeness (QED) is 0.623. The van der Waals surface area contributed by atoms with Crippen LogP contribution in [0.4, 0.5) is 0 Å². The van der Waals surface area contributed by atoms with Crippen LogP contribution < -0.4 is 5.56 Å². The fourth-order valence-electron chi connectivity index (χ4n) is 3.36. The highest BCUT2D eigenvalue weighted by molar-refractivity contribution is 7.22. The van der Waals surface area contributed by atoms with Gasteiger partial charge in [0.15, 0.2) is 0 Å². The fourth-order valence-corrected chi connectivity index (χ4v) is 4.51. The van der Waals surface area contributed by atoms with Gasteiger partial charge in [-0.05, 0) is 18.4 Å². The summed E-state index contributed by atoms with van der Waals surface area (Å²) in [7, 11) is 0. The summed E-state index contributed by atoms with van der Waals surface area (Å²) >= 11 is 1.44. The Bertz CT molecular complexity index is 1020. The topological polar surface area (TPSA) is 91.0 Å². The predicted octanol–water partition coefficient (Wildman–Crippen LogP) is 3.05. The largest absolute Gasteiger partial charge is 0.381 e. The molecule has 4 heterocycles. The van der Waals surface area contributed by atoms with Gasteiger partial charge in [-0.2, -0.15) is 5.10 Å². The monoisotopic (exact) mass is 359 g/mol. The number of nitrogens with one attached hydrogen (secondary N) is 2. The summed E-state index contributed by atoms with van der Waals surface area (Å²) in [6.07, 6.45) is 1.77. The van der Waals surface area contributed by atoms with Gasteiger partial charge in [-0.15, -0.1) is 11.3 Å². The first-order chi connectivity index (χ1) is 11.7. The molecule has 0 saturated carbocycles. The molecule has 7 heteroatoms. The number of hydrogen-bond donors (Lipinski definition) is 3. The normalized spacial score (nSPS) is 20.8. The number of thiophene rings is 1. The Morgan fingerprint density at radius 3 is 2.80 bits per heavy atom. The van der Waals surface area contributed by atoms with Gasteiger partial charge < -0.3 is 14.8 Å². The molecule has 0 unspecified atom stereocenters. The molecule has 3 aromatic heterocycles. The summed E-state index contributed by atoms with van der Waals surface area (Å²) in [6, 6.07) is 2.00. The number of aliphatic hydroxyl groups is 1. The van der Waals surface area contributed by atoms with Crippen LogP contribution in [0.5, 0.6) is 0 Å². The van der Waals surface area contributed by atoms with Crippen molar-refractivity contribution in [2.45, 2.75) is 39.9 Å². The molecule has 0 bridgehead atoms. The Kier molecular flexibility index (Phi) is 3.48. The van der Waals surface area contributed by atoms with E-state index in [2.05, 4.69) is 15.2 Å². The van der Waals surface area contributed by atoms with Gasteiger partial charge in [-0.3, -0.25) is 9.89 Å². The lowest BCUT2D eigenvalue weighted by atomic mass is 9.72. The Hall–Kier alpha value is -1.96. The highest BCUT2D eigenvalue weighted by atomic mass is 32.1. The summed E-state index contributed by atoms with van der Waals surface area (Å²) in [5.74, 6) is 0. The summed E-state index contributed by atoms with van der Waals surface area (Å²) in [5.41, 5.74) is 1.51. The molecule has 132 valence electrons. The predicted molar refractivity (Wildman–Crippen MR) is 97.8 cm³/mol.